The molecule has 0 radical (unpaired) electrons. The molecule has 5 heteroatoms. The lowest BCUT2D eigenvalue weighted by Gasteiger charge is -2.10. The Morgan fingerprint density at radius 3 is 2.71 bits per heavy atom. The second-order valence-electron chi connectivity index (χ2n) is 3.94. The molecular weight excluding hydrogens is 218 g/mol. The van der Waals surface area contributed by atoms with Crippen molar-refractivity contribution in [3.05, 3.63) is 11.9 Å². The number of hydrogen-bond acceptors (Lipinski definition) is 5. The summed E-state index contributed by atoms with van der Waals surface area (Å²) in [5, 5.41) is 3.14. The minimum atomic E-state index is 0.225. The van der Waals surface area contributed by atoms with Gasteiger partial charge in [-0.1, -0.05) is 0 Å². The van der Waals surface area contributed by atoms with Crippen molar-refractivity contribution in [2.75, 3.05) is 25.1 Å². The fraction of sp³-hybridized carbons (Fsp3) is 0.667. The zero-order valence-electron chi connectivity index (χ0n) is 11.0. The molecule has 0 amide bonds. The van der Waals surface area contributed by atoms with E-state index in [2.05, 4.69) is 15.3 Å². The van der Waals surface area contributed by atoms with Gasteiger partial charge in [-0.05, 0) is 27.7 Å². The fourth-order valence-electron chi connectivity index (χ4n) is 1.32. The molecule has 0 spiro atoms. The van der Waals surface area contributed by atoms with Crippen LogP contribution in [0.1, 0.15) is 26.6 Å². The average Bonchev–Trinajstić information content (AvgIpc) is 2.24. The number of hydrogen-bond donors (Lipinski definition) is 1. The summed E-state index contributed by atoms with van der Waals surface area (Å²) in [6, 6.07) is 1.80. The van der Waals surface area contributed by atoms with Crippen LogP contribution in [0.4, 0.5) is 5.82 Å². The Balaban J connectivity index is 2.46. The maximum Gasteiger partial charge on any atom is 0.218 e. The minimum Gasteiger partial charge on any atom is -0.475 e. The van der Waals surface area contributed by atoms with Crippen LogP contribution in [0.3, 0.4) is 0 Å². The van der Waals surface area contributed by atoms with Crippen LogP contribution in [-0.4, -0.2) is 35.8 Å². The average molecular weight is 239 g/mol. The molecule has 0 aliphatic heterocycles. The first-order valence-corrected chi connectivity index (χ1v) is 5.95. The van der Waals surface area contributed by atoms with E-state index in [9.17, 15) is 0 Å². The molecule has 1 aromatic heterocycles. The number of aryl methyl sites for hydroxylation is 1. The number of ether oxygens (including phenoxy) is 2. The molecule has 0 aliphatic carbocycles. The van der Waals surface area contributed by atoms with Gasteiger partial charge in [0.15, 0.2) is 0 Å². The number of anilines is 1. The SMILES string of the molecule is CCNc1cc(OCCOC(C)C)nc(C)n1. The van der Waals surface area contributed by atoms with Crippen LogP contribution in [0.2, 0.25) is 0 Å². The van der Waals surface area contributed by atoms with Gasteiger partial charge in [-0.3, -0.25) is 0 Å². The van der Waals surface area contributed by atoms with Gasteiger partial charge in [0.25, 0.3) is 0 Å². The second-order valence-corrected chi connectivity index (χ2v) is 3.94. The van der Waals surface area contributed by atoms with Crippen molar-refractivity contribution in [2.45, 2.75) is 33.8 Å². The van der Waals surface area contributed by atoms with Gasteiger partial charge in [0.2, 0.25) is 5.88 Å². The van der Waals surface area contributed by atoms with E-state index in [0.717, 1.165) is 12.4 Å². The first kappa shape index (κ1) is 13.7. The third-order valence-electron chi connectivity index (χ3n) is 1.96. The summed E-state index contributed by atoms with van der Waals surface area (Å²) < 4.78 is 10.9. The smallest absolute Gasteiger partial charge is 0.218 e. The molecule has 1 rings (SSSR count). The van der Waals surface area contributed by atoms with Gasteiger partial charge in [0.05, 0.1) is 12.7 Å². The summed E-state index contributed by atoms with van der Waals surface area (Å²) in [5.74, 6) is 2.07. The number of nitrogens with one attached hydrogen (secondary N) is 1. The Labute approximate surface area is 103 Å². The van der Waals surface area contributed by atoms with Crippen LogP contribution in [0, 0.1) is 6.92 Å². The molecule has 0 fully saturated rings. The van der Waals surface area contributed by atoms with E-state index in [1.54, 1.807) is 6.07 Å². The predicted octanol–water partition coefficient (Wildman–Crippen LogP) is 2.02. The molecular formula is C12H21N3O2. The molecule has 5 nitrogen and oxygen atoms in total. The van der Waals surface area contributed by atoms with Gasteiger partial charge in [-0.25, -0.2) is 4.98 Å². The van der Waals surface area contributed by atoms with E-state index in [0.29, 0.717) is 24.9 Å². The van der Waals surface area contributed by atoms with Gasteiger partial charge >= 0.3 is 0 Å². The molecule has 0 aliphatic rings. The van der Waals surface area contributed by atoms with E-state index in [1.165, 1.54) is 0 Å². The van der Waals surface area contributed by atoms with Crippen LogP contribution >= 0.6 is 0 Å². The third kappa shape index (κ3) is 5.49. The highest BCUT2D eigenvalue weighted by Gasteiger charge is 2.02. The molecule has 1 aromatic rings. The highest BCUT2D eigenvalue weighted by molar-refractivity contribution is 5.38. The zero-order valence-corrected chi connectivity index (χ0v) is 11.0. The van der Waals surface area contributed by atoms with Crippen LogP contribution in [0.15, 0.2) is 6.07 Å². The lowest BCUT2D eigenvalue weighted by Crippen LogP contribution is -2.12. The Morgan fingerprint density at radius 2 is 2.06 bits per heavy atom. The second kappa shape index (κ2) is 7.06. The van der Waals surface area contributed by atoms with E-state index >= 15 is 0 Å². The normalized spacial score (nSPS) is 10.6. The van der Waals surface area contributed by atoms with E-state index in [-0.39, 0.29) is 6.10 Å². The van der Waals surface area contributed by atoms with Gasteiger partial charge in [-0.15, -0.1) is 0 Å². The van der Waals surface area contributed by atoms with Crippen LogP contribution in [0.25, 0.3) is 0 Å². The first-order chi connectivity index (χ1) is 8.11. The van der Waals surface area contributed by atoms with Gasteiger partial charge < -0.3 is 14.8 Å². The van der Waals surface area contributed by atoms with Gasteiger partial charge in [0.1, 0.15) is 18.2 Å². The fourth-order valence-corrected chi connectivity index (χ4v) is 1.32. The summed E-state index contributed by atoms with van der Waals surface area (Å²) in [4.78, 5) is 8.45. The number of nitrogens with zero attached hydrogens (tertiary/aromatic N) is 2. The molecule has 1 heterocycles. The summed E-state index contributed by atoms with van der Waals surface area (Å²) >= 11 is 0. The predicted molar refractivity (Wildman–Crippen MR) is 67.5 cm³/mol. The summed E-state index contributed by atoms with van der Waals surface area (Å²) in [5.41, 5.74) is 0. The van der Waals surface area contributed by atoms with Gasteiger partial charge in [0, 0.05) is 12.6 Å². The Hall–Kier alpha value is -1.36. The summed E-state index contributed by atoms with van der Waals surface area (Å²) in [6.07, 6.45) is 0.225. The van der Waals surface area contributed by atoms with Crippen molar-refractivity contribution in [2.24, 2.45) is 0 Å². The van der Waals surface area contributed by atoms with Crippen molar-refractivity contribution in [3.8, 4) is 5.88 Å². The summed E-state index contributed by atoms with van der Waals surface area (Å²) in [6.45, 7) is 9.76. The van der Waals surface area contributed by atoms with E-state index in [4.69, 9.17) is 9.47 Å². The maximum absolute atomic E-state index is 5.51. The molecule has 0 saturated heterocycles. The highest BCUT2D eigenvalue weighted by Crippen LogP contribution is 2.12. The molecule has 0 bridgehead atoms. The molecule has 0 aromatic carbocycles. The van der Waals surface area contributed by atoms with E-state index < -0.39 is 0 Å². The highest BCUT2D eigenvalue weighted by atomic mass is 16.5. The quantitative estimate of drug-likeness (QED) is 0.738. The lowest BCUT2D eigenvalue weighted by atomic mass is 10.5. The number of aromatic nitrogens is 2. The van der Waals surface area contributed by atoms with Crippen LogP contribution in [0.5, 0.6) is 5.88 Å². The molecule has 0 unspecified atom stereocenters. The number of rotatable bonds is 7. The van der Waals surface area contributed by atoms with Crippen molar-refractivity contribution in [1.29, 1.82) is 0 Å². The van der Waals surface area contributed by atoms with Crippen molar-refractivity contribution >= 4 is 5.82 Å². The first-order valence-electron chi connectivity index (χ1n) is 5.95. The zero-order chi connectivity index (χ0) is 12.7. The maximum atomic E-state index is 5.51. The lowest BCUT2D eigenvalue weighted by molar-refractivity contribution is 0.0542. The van der Waals surface area contributed by atoms with Crippen molar-refractivity contribution in [3.63, 3.8) is 0 Å². The standard InChI is InChI=1S/C12H21N3O2/c1-5-13-11-8-12(15-10(4)14-11)17-7-6-16-9(2)3/h8-9H,5-7H2,1-4H3,(H,13,14,15). The largest absolute Gasteiger partial charge is 0.475 e. The molecule has 96 valence electrons. The monoisotopic (exact) mass is 239 g/mol. The Morgan fingerprint density at radius 1 is 1.29 bits per heavy atom. The van der Waals surface area contributed by atoms with Crippen molar-refractivity contribution < 1.29 is 9.47 Å². The van der Waals surface area contributed by atoms with Crippen LogP contribution < -0.4 is 10.1 Å². The minimum absolute atomic E-state index is 0.225. The molecule has 17 heavy (non-hydrogen) atoms. The third-order valence-corrected chi connectivity index (χ3v) is 1.96. The topological polar surface area (TPSA) is 56.3 Å². The molecule has 1 N–H and O–H groups in total. The molecule has 0 atom stereocenters. The van der Waals surface area contributed by atoms with Crippen molar-refractivity contribution in [1.82, 2.24) is 9.97 Å². The summed E-state index contributed by atoms with van der Waals surface area (Å²) in [7, 11) is 0. The van der Waals surface area contributed by atoms with Gasteiger partial charge in [-0.2, -0.15) is 4.98 Å². The van der Waals surface area contributed by atoms with Crippen LogP contribution in [-0.2, 0) is 4.74 Å². The molecule has 0 saturated carbocycles. The van der Waals surface area contributed by atoms with E-state index in [1.807, 2.05) is 27.7 Å². The Kier molecular flexibility index (Phi) is 5.69. The Bertz CT molecular complexity index is 343.